The van der Waals surface area contributed by atoms with E-state index in [1.165, 1.54) is 5.56 Å². The van der Waals surface area contributed by atoms with E-state index in [9.17, 15) is 0 Å². The van der Waals surface area contributed by atoms with Gasteiger partial charge in [-0.15, -0.1) is 24.0 Å². The Hall–Kier alpha value is -0.980. The molecule has 0 saturated carbocycles. The fourth-order valence-electron chi connectivity index (χ4n) is 1.75. The van der Waals surface area contributed by atoms with E-state index in [2.05, 4.69) is 44.1 Å². The van der Waals surface area contributed by atoms with Crippen molar-refractivity contribution in [2.24, 2.45) is 10.7 Å². The molecule has 0 radical (unpaired) electrons. The Morgan fingerprint density at radius 3 is 2.48 bits per heavy atom. The second-order valence-electron chi connectivity index (χ2n) is 6.35. The van der Waals surface area contributed by atoms with Crippen LogP contribution in [0.5, 0.6) is 5.75 Å². The zero-order valence-electron chi connectivity index (χ0n) is 13.9. The van der Waals surface area contributed by atoms with Gasteiger partial charge in [-0.25, -0.2) is 4.99 Å². The van der Waals surface area contributed by atoms with Crippen LogP contribution >= 0.6 is 24.0 Å². The third-order valence-corrected chi connectivity index (χ3v) is 2.51. The number of nitrogens with one attached hydrogen (secondary N) is 1. The molecule has 5 heteroatoms. The first-order valence-electron chi connectivity index (χ1n) is 7.01. The summed E-state index contributed by atoms with van der Waals surface area (Å²) >= 11 is 0. The molecule has 21 heavy (non-hydrogen) atoms. The minimum absolute atomic E-state index is 0. The van der Waals surface area contributed by atoms with Gasteiger partial charge >= 0.3 is 0 Å². The van der Waals surface area contributed by atoms with Crippen molar-refractivity contribution in [3.05, 3.63) is 29.3 Å². The summed E-state index contributed by atoms with van der Waals surface area (Å²) in [5.41, 5.74) is 8.02. The van der Waals surface area contributed by atoms with Crippen LogP contribution in [0.15, 0.2) is 23.2 Å². The highest BCUT2D eigenvalue weighted by Gasteiger charge is 2.10. The molecule has 120 valence electrons. The van der Waals surface area contributed by atoms with Gasteiger partial charge in [0.05, 0.1) is 12.6 Å². The number of hydrogen-bond donors (Lipinski definition) is 2. The highest BCUT2D eigenvalue weighted by Crippen LogP contribution is 2.22. The van der Waals surface area contributed by atoms with Crippen molar-refractivity contribution in [1.29, 1.82) is 0 Å². The molecule has 0 bridgehead atoms. The topological polar surface area (TPSA) is 59.6 Å². The van der Waals surface area contributed by atoms with Crippen LogP contribution in [-0.2, 0) is 6.54 Å². The van der Waals surface area contributed by atoms with Gasteiger partial charge in [-0.2, -0.15) is 0 Å². The number of ether oxygens (including phenoxy) is 1. The lowest BCUT2D eigenvalue weighted by Crippen LogP contribution is -2.44. The van der Waals surface area contributed by atoms with Crippen molar-refractivity contribution in [2.45, 2.75) is 59.7 Å². The first-order chi connectivity index (χ1) is 9.17. The molecular formula is C16H28IN3O. The molecule has 0 unspecified atom stereocenters. The number of nitrogens with two attached hydrogens (primary N) is 1. The predicted octanol–water partition coefficient (Wildman–Crippen LogP) is 3.60. The van der Waals surface area contributed by atoms with Gasteiger partial charge in [0.2, 0.25) is 0 Å². The van der Waals surface area contributed by atoms with E-state index in [4.69, 9.17) is 10.5 Å². The number of hydrogen-bond acceptors (Lipinski definition) is 2. The number of benzene rings is 1. The number of aliphatic imine (C=N–C) groups is 1. The monoisotopic (exact) mass is 405 g/mol. The summed E-state index contributed by atoms with van der Waals surface area (Å²) in [6.07, 6.45) is 0.143. The van der Waals surface area contributed by atoms with Gasteiger partial charge in [0, 0.05) is 11.1 Å². The Balaban J connectivity index is 0.00000400. The quantitative estimate of drug-likeness (QED) is 0.457. The third kappa shape index (κ3) is 8.14. The molecule has 0 saturated heterocycles. The van der Waals surface area contributed by atoms with Crippen LogP contribution in [-0.4, -0.2) is 17.6 Å². The van der Waals surface area contributed by atoms with Gasteiger partial charge in [0.25, 0.3) is 0 Å². The summed E-state index contributed by atoms with van der Waals surface area (Å²) in [5, 5.41) is 3.15. The van der Waals surface area contributed by atoms with Crippen LogP contribution in [0.1, 0.15) is 45.7 Å². The van der Waals surface area contributed by atoms with E-state index in [-0.39, 0.29) is 35.6 Å². The molecule has 0 atom stereocenters. The van der Waals surface area contributed by atoms with Crippen molar-refractivity contribution in [3.8, 4) is 5.75 Å². The fourth-order valence-corrected chi connectivity index (χ4v) is 1.75. The van der Waals surface area contributed by atoms with E-state index >= 15 is 0 Å². The zero-order chi connectivity index (χ0) is 15.3. The summed E-state index contributed by atoms with van der Waals surface area (Å²) in [6, 6.07) is 6.14. The molecule has 1 aromatic carbocycles. The Morgan fingerprint density at radius 1 is 1.33 bits per heavy atom. The minimum atomic E-state index is -0.0852. The highest BCUT2D eigenvalue weighted by molar-refractivity contribution is 14.0. The van der Waals surface area contributed by atoms with E-state index < -0.39 is 0 Å². The van der Waals surface area contributed by atoms with Gasteiger partial charge in [0.15, 0.2) is 5.96 Å². The normalized spacial score (nSPS) is 12.0. The molecule has 0 spiro atoms. The molecule has 0 aromatic heterocycles. The van der Waals surface area contributed by atoms with Crippen molar-refractivity contribution >= 4 is 29.9 Å². The number of halogens is 1. The average molecular weight is 405 g/mol. The molecular weight excluding hydrogens is 377 g/mol. The first kappa shape index (κ1) is 20.0. The van der Waals surface area contributed by atoms with E-state index in [0.29, 0.717) is 12.5 Å². The second-order valence-corrected chi connectivity index (χ2v) is 6.35. The van der Waals surface area contributed by atoms with Crippen molar-refractivity contribution in [1.82, 2.24) is 5.32 Å². The first-order valence-corrected chi connectivity index (χ1v) is 7.01. The van der Waals surface area contributed by atoms with Gasteiger partial charge < -0.3 is 15.8 Å². The summed E-state index contributed by atoms with van der Waals surface area (Å²) in [7, 11) is 0. The largest absolute Gasteiger partial charge is 0.491 e. The van der Waals surface area contributed by atoms with Gasteiger partial charge in [-0.05, 0) is 53.2 Å². The molecule has 0 fully saturated rings. The van der Waals surface area contributed by atoms with E-state index in [1.807, 2.05) is 26.0 Å². The second kappa shape index (κ2) is 8.46. The Kier molecular flexibility index (Phi) is 8.06. The number of nitrogens with zero attached hydrogens (tertiary/aromatic N) is 1. The lowest BCUT2D eigenvalue weighted by atomic mass is 10.1. The molecule has 1 rings (SSSR count). The molecule has 4 nitrogen and oxygen atoms in total. The SMILES string of the molecule is Cc1ccc(CN=C(N)NC(C)(C)C)c(OC(C)C)c1.I. The lowest BCUT2D eigenvalue weighted by Gasteiger charge is -2.21. The standard InChI is InChI=1S/C16H27N3O.HI/c1-11(2)20-14-9-12(3)7-8-13(14)10-18-15(17)19-16(4,5)6;/h7-9,11H,10H2,1-6H3,(H3,17,18,19);1H. The third-order valence-electron chi connectivity index (χ3n) is 2.51. The average Bonchev–Trinajstić information content (AvgIpc) is 2.24. The van der Waals surface area contributed by atoms with Crippen molar-refractivity contribution in [2.75, 3.05) is 0 Å². The van der Waals surface area contributed by atoms with Gasteiger partial charge in [-0.1, -0.05) is 12.1 Å². The van der Waals surface area contributed by atoms with Crippen LogP contribution in [0.4, 0.5) is 0 Å². The highest BCUT2D eigenvalue weighted by atomic mass is 127. The molecule has 1 aromatic rings. The number of rotatable bonds is 4. The Labute approximate surface area is 145 Å². The Morgan fingerprint density at radius 2 is 1.95 bits per heavy atom. The number of guanidine groups is 1. The van der Waals surface area contributed by atoms with Crippen molar-refractivity contribution < 1.29 is 4.74 Å². The molecule has 0 aliphatic rings. The summed E-state index contributed by atoms with van der Waals surface area (Å²) < 4.78 is 5.83. The predicted molar refractivity (Wildman–Crippen MR) is 101 cm³/mol. The molecule has 0 heterocycles. The number of aryl methyl sites for hydroxylation is 1. The maximum absolute atomic E-state index is 5.89. The Bertz CT molecular complexity index is 479. The lowest BCUT2D eigenvalue weighted by molar-refractivity contribution is 0.240. The van der Waals surface area contributed by atoms with Gasteiger partial charge in [0.1, 0.15) is 5.75 Å². The van der Waals surface area contributed by atoms with E-state index in [1.54, 1.807) is 0 Å². The summed E-state index contributed by atoms with van der Waals surface area (Å²) in [5.74, 6) is 1.33. The maximum atomic E-state index is 5.89. The van der Waals surface area contributed by atoms with Crippen LogP contribution in [0, 0.1) is 6.92 Å². The van der Waals surface area contributed by atoms with Gasteiger partial charge in [-0.3, -0.25) is 0 Å². The zero-order valence-corrected chi connectivity index (χ0v) is 16.2. The van der Waals surface area contributed by atoms with Crippen LogP contribution in [0.3, 0.4) is 0 Å². The fraction of sp³-hybridized carbons (Fsp3) is 0.562. The van der Waals surface area contributed by atoms with E-state index in [0.717, 1.165) is 11.3 Å². The maximum Gasteiger partial charge on any atom is 0.189 e. The van der Waals surface area contributed by atoms with Crippen LogP contribution < -0.4 is 15.8 Å². The van der Waals surface area contributed by atoms with Crippen LogP contribution in [0.2, 0.25) is 0 Å². The molecule has 0 aliphatic heterocycles. The minimum Gasteiger partial charge on any atom is -0.491 e. The smallest absolute Gasteiger partial charge is 0.189 e. The summed E-state index contributed by atoms with van der Waals surface area (Å²) in [4.78, 5) is 4.38. The summed E-state index contributed by atoms with van der Waals surface area (Å²) in [6.45, 7) is 12.8. The van der Waals surface area contributed by atoms with Crippen LogP contribution in [0.25, 0.3) is 0 Å². The molecule has 0 aliphatic carbocycles. The van der Waals surface area contributed by atoms with Crippen molar-refractivity contribution in [3.63, 3.8) is 0 Å². The molecule has 0 amide bonds. The molecule has 3 N–H and O–H groups in total.